The molecule has 18 heavy (non-hydrogen) atoms. The van der Waals surface area contributed by atoms with E-state index in [-0.39, 0.29) is 18.0 Å². The lowest BCUT2D eigenvalue weighted by Gasteiger charge is -2.16. The van der Waals surface area contributed by atoms with Crippen molar-refractivity contribution >= 4 is 11.9 Å². The number of nitrogens with zero attached hydrogens (tertiary/aromatic N) is 2. The van der Waals surface area contributed by atoms with Crippen molar-refractivity contribution in [2.75, 3.05) is 7.11 Å². The molecule has 1 rings (SSSR count). The number of carbonyl (C=O) groups is 2. The smallest absolute Gasteiger partial charge is 0.330 e. The first-order chi connectivity index (χ1) is 8.43. The van der Waals surface area contributed by atoms with E-state index in [0.29, 0.717) is 5.69 Å². The minimum Gasteiger partial charge on any atom is -0.467 e. The Morgan fingerprint density at radius 3 is 2.72 bits per heavy atom. The van der Waals surface area contributed by atoms with Crippen LogP contribution >= 0.6 is 0 Å². The Morgan fingerprint density at radius 2 is 2.22 bits per heavy atom. The largest absolute Gasteiger partial charge is 0.467 e. The predicted octanol–water partition coefficient (Wildman–Crippen LogP) is -0.771. The van der Waals surface area contributed by atoms with Crippen LogP contribution in [0.3, 0.4) is 0 Å². The molecular weight excluding hydrogens is 238 g/mol. The third kappa shape index (κ3) is 3.69. The summed E-state index contributed by atoms with van der Waals surface area (Å²) in [5.74, 6) is -0.990. The molecule has 7 heteroatoms. The molecule has 1 heterocycles. The number of methoxy groups -OCH3 is 1. The van der Waals surface area contributed by atoms with Crippen LogP contribution in [0.2, 0.25) is 0 Å². The molecule has 0 aliphatic carbocycles. The molecule has 1 unspecified atom stereocenters. The van der Waals surface area contributed by atoms with E-state index in [1.165, 1.54) is 31.0 Å². The van der Waals surface area contributed by atoms with Gasteiger partial charge in [0.15, 0.2) is 0 Å². The minimum absolute atomic E-state index is 0.0155. The summed E-state index contributed by atoms with van der Waals surface area (Å²) in [5.41, 5.74) is 0.298. The Balaban J connectivity index is 2.92. The van der Waals surface area contributed by atoms with Crippen molar-refractivity contribution in [1.29, 1.82) is 0 Å². The zero-order valence-corrected chi connectivity index (χ0v) is 10.5. The molecule has 1 atom stereocenters. The monoisotopic (exact) mass is 253 g/mol. The topological polar surface area (TPSA) is 90.3 Å². The van der Waals surface area contributed by atoms with Crippen LogP contribution < -0.4 is 10.9 Å². The predicted molar refractivity (Wildman–Crippen MR) is 62.9 cm³/mol. The molecule has 0 saturated carbocycles. The molecule has 1 aromatic rings. The molecule has 7 nitrogen and oxygen atoms in total. The Bertz CT molecular complexity index is 509. The van der Waals surface area contributed by atoms with E-state index in [1.807, 2.05) is 0 Å². The number of aromatic nitrogens is 2. The number of nitrogens with one attached hydrogen (secondary N) is 1. The lowest BCUT2D eigenvalue weighted by molar-refractivity contribution is -0.145. The van der Waals surface area contributed by atoms with Gasteiger partial charge < -0.3 is 10.1 Å². The van der Waals surface area contributed by atoms with Crippen molar-refractivity contribution in [3.8, 4) is 0 Å². The van der Waals surface area contributed by atoms with Crippen molar-refractivity contribution in [3.63, 3.8) is 0 Å². The average molecular weight is 253 g/mol. The second-order valence-corrected chi connectivity index (χ2v) is 3.80. The van der Waals surface area contributed by atoms with Crippen LogP contribution in [0.1, 0.15) is 12.6 Å². The van der Waals surface area contributed by atoms with Gasteiger partial charge in [0.05, 0.1) is 20.0 Å². The number of carbonyl (C=O) groups excluding carboxylic acids is 2. The van der Waals surface area contributed by atoms with Gasteiger partial charge in [-0.3, -0.25) is 14.2 Å². The molecule has 1 N–H and O–H groups in total. The maximum atomic E-state index is 11.6. The Kier molecular flexibility index (Phi) is 4.59. The van der Waals surface area contributed by atoms with Gasteiger partial charge in [-0.2, -0.15) is 0 Å². The van der Waals surface area contributed by atoms with Crippen LogP contribution in [-0.2, 0) is 20.9 Å². The summed E-state index contributed by atoms with van der Waals surface area (Å²) >= 11 is 0. The standard InChI is InChI=1S/C11H15N3O4/c1-7-4-10(16)14(6-12-7)5-9(11(17)18-3)13-8(2)15/h4,6,9H,5H2,1-3H3,(H,13,15). The minimum atomic E-state index is -0.908. The highest BCUT2D eigenvalue weighted by Crippen LogP contribution is 1.94. The number of hydrogen-bond donors (Lipinski definition) is 1. The number of rotatable bonds is 4. The van der Waals surface area contributed by atoms with Crippen LogP contribution in [-0.4, -0.2) is 34.6 Å². The van der Waals surface area contributed by atoms with Crippen LogP contribution in [0, 0.1) is 6.92 Å². The number of ether oxygens (including phenoxy) is 1. The Morgan fingerprint density at radius 1 is 1.56 bits per heavy atom. The molecule has 0 spiro atoms. The molecule has 0 radical (unpaired) electrons. The maximum absolute atomic E-state index is 11.6. The van der Waals surface area contributed by atoms with E-state index < -0.39 is 12.0 Å². The number of hydrogen-bond acceptors (Lipinski definition) is 5. The summed E-state index contributed by atoms with van der Waals surface area (Å²) in [7, 11) is 1.22. The van der Waals surface area contributed by atoms with Crippen molar-refractivity contribution in [3.05, 3.63) is 28.4 Å². The van der Waals surface area contributed by atoms with Crippen LogP contribution in [0.25, 0.3) is 0 Å². The van der Waals surface area contributed by atoms with Gasteiger partial charge in [0.25, 0.3) is 5.56 Å². The summed E-state index contributed by atoms with van der Waals surface area (Å²) < 4.78 is 5.80. The first-order valence-corrected chi connectivity index (χ1v) is 5.32. The van der Waals surface area contributed by atoms with E-state index in [0.717, 1.165) is 0 Å². The summed E-state index contributed by atoms with van der Waals surface area (Å²) in [4.78, 5) is 38.0. The molecule has 0 bridgehead atoms. The molecule has 1 aromatic heterocycles. The molecule has 0 fully saturated rings. The van der Waals surface area contributed by atoms with E-state index in [4.69, 9.17) is 0 Å². The highest BCUT2D eigenvalue weighted by Gasteiger charge is 2.21. The number of aryl methyl sites for hydroxylation is 1. The Hall–Kier alpha value is -2.18. The van der Waals surface area contributed by atoms with Crippen molar-refractivity contribution in [2.45, 2.75) is 26.4 Å². The summed E-state index contributed by atoms with van der Waals surface area (Å²) in [6.45, 7) is 2.96. The summed E-state index contributed by atoms with van der Waals surface area (Å²) in [6, 6.07) is 0.442. The molecule has 98 valence electrons. The molecule has 0 saturated heterocycles. The van der Waals surface area contributed by atoms with Gasteiger partial charge in [0.1, 0.15) is 6.04 Å². The highest BCUT2D eigenvalue weighted by atomic mass is 16.5. The van der Waals surface area contributed by atoms with Gasteiger partial charge in [-0.1, -0.05) is 0 Å². The average Bonchev–Trinajstić information content (AvgIpc) is 2.30. The van der Waals surface area contributed by atoms with Gasteiger partial charge in [0.2, 0.25) is 5.91 Å². The fourth-order valence-corrected chi connectivity index (χ4v) is 1.42. The molecule has 0 aromatic carbocycles. The third-order valence-corrected chi connectivity index (χ3v) is 2.26. The van der Waals surface area contributed by atoms with Crippen LogP contribution in [0.15, 0.2) is 17.2 Å². The maximum Gasteiger partial charge on any atom is 0.330 e. The zero-order chi connectivity index (χ0) is 13.7. The lowest BCUT2D eigenvalue weighted by atomic mass is 10.3. The summed E-state index contributed by atoms with van der Waals surface area (Å²) in [6.07, 6.45) is 1.33. The fraction of sp³-hybridized carbons (Fsp3) is 0.455. The SMILES string of the molecule is COC(=O)C(Cn1cnc(C)cc1=O)NC(C)=O. The van der Waals surface area contributed by atoms with Crippen molar-refractivity contribution in [2.24, 2.45) is 0 Å². The second-order valence-electron chi connectivity index (χ2n) is 3.80. The van der Waals surface area contributed by atoms with E-state index in [9.17, 15) is 14.4 Å². The quantitative estimate of drug-likeness (QED) is 0.711. The second kappa shape index (κ2) is 5.95. The van der Waals surface area contributed by atoms with Crippen LogP contribution in [0.5, 0.6) is 0 Å². The van der Waals surface area contributed by atoms with Gasteiger partial charge in [-0.15, -0.1) is 0 Å². The van der Waals surface area contributed by atoms with Crippen LogP contribution in [0.4, 0.5) is 0 Å². The zero-order valence-electron chi connectivity index (χ0n) is 10.5. The van der Waals surface area contributed by atoms with Gasteiger partial charge >= 0.3 is 5.97 Å². The van der Waals surface area contributed by atoms with E-state index in [2.05, 4.69) is 15.0 Å². The molecular formula is C11H15N3O4. The van der Waals surface area contributed by atoms with Gasteiger partial charge in [-0.05, 0) is 6.92 Å². The van der Waals surface area contributed by atoms with E-state index >= 15 is 0 Å². The number of esters is 1. The van der Waals surface area contributed by atoms with Gasteiger partial charge in [0, 0.05) is 18.7 Å². The normalized spacial score (nSPS) is 11.7. The molecule has 1 amide bonds. The summed E-state index contributed by atoms with van der Waals surface area (Å²) in [5, 5.41) is 2.42. The fourth-order valence-electron chi connectivity index (χ4n) is 1.42. The molecule has 0 aliphatic heterocycles. The van der Waals surface area contributed by atoms with Crippen molar-refractivity contribution < 1.29 is 14.3 Å². The first kappa shape index (κ1) is 13.9. The third-order valence-electron chi connectivity index (χ3n) is 2.26. The molecule has 0 aliphatic rings. The van der Waals surface area contributed by atoms with Gasteiger partial charge in [-0.25, -0.2) is 9.78 Å². The van der Waals surface area contributed by atoms with E-state index in [1.54, 1.807) is 6.92 Å². The first-order valence-electron chi connectivity index (χ1n) is 5.32. The van der Waals surface area contributed by atoms with Crippen molar-refractivity contribution in [1.82, 2.24) is 14.9 Å². The number of amides is 1. The Labute approximate surface area is 104 Å². The highest BCUT2D eigenvalue weighted by molar-refractivity contribution is 5.83. The lowest BCUT2D eigenvalue weighted by Crippen LogP contribution is -2.45.